The molecule has 0 aromatic heterocycles. The third kappa shape index (κ3) is 5.93. The molecular formula is C21H29Cl2N3O2. The molecule has 1 aliphatic rings. The van der Waals surface area contributed by atoms with Crippen LogP contribution in [0, 0.1) is 0 Å². The van der Waals surface area contributed by atoms with E-state index < -0.39 is 12.0 Å². The molecule has 0 saturated carbocycles. The van der Waals surface area contributed by atoms with Crippen molar-refractivity contribution in [2.45, 2.75) is 18.5 Å². The van der Waals surface area contributed by atoms with Crippen LogP contribution in [0.2, 0.25) is 0 Å². The second-order valence-electron chi connectivity index (χ2n) is 6.73. The summed E-state index contributed by atoms with van der Waals surface area (Å²) in [6.45, 7) is 3.56. The molecule has 0 radical (unpaired) electrons. The zero-order valence-electron chi connectivity index (χ0n) is 15.8. The van der Waals surface area contributed by atoms with Crippen LogP contribution >= 0.6 is 24.8 Å². The summed E-state index contributed by atoms with van der Waals surface area (Å²) in [6, 6.07) is 20.7. The van der Waals surface area contributed by atoms with E-state index in [-0.39, 0.29) is 30.9 Å². The first kappa shape index (κ1) is 24.4. The molecule has 1 fully saturated rings. The Hall–Kier alpha value is -1.63. The maximum Gasteiger partial charge on any atom is 0.320 e. The fourth-order valence-electron chi connectivity index (χ4n) is 3.81. The molecule has 3 rings (SSSR count). The summed E-state index contributed by atoms with van der Waals surface area (Å²) in [4.78, 5) is 16.0. The zero-order valence-corrected chi connectivity index (χ0v) is 17.4. The molecular weight excluding hydrogens is 397 g/mol. The van der Waals surface area contributed by atoms with Crippen LogP contribution < -0.4 is 5.73 Å². The number of carbonyl (C=O) groups is 1. The van der Waals surface area contributed by atoms with Gasteiger partial charge in [0.1, 0.15) is 6.04 Å². The van der Waals surface area contributed by atoms with Gasteiger partial charge in [0.15, 0.2) is 0 Å². The zero-order chi connectivity index (χ0) is 18.4. The number of nitrogens with zero attached hydrogens (tertiary/aromatic N) is 2. The van der Waals surface area contributed by atoms with E-state index in [2.05, 4.69) is 58.3 Å². The van der Waals surface area contributed by atoms with E-state index in [1.807, 2.05) is 12.1 Å². The van der Waals surface area contributed by atoms with Crippen LogP contribution in [0.3, 0.4) is 0 Å². The lowest BCUT2D eigenvalue weighted by molar-refractivity contribution is -0.144. The van der Waals surface area contributed by atoms with E-state index in [4.69, 9.17) is 5.73 Å². The number of hydrogen-bond acceptors (Lipinski definition) is 4. The first-order valence-electron chi connectivity index (χ1n) is 9.21. The largest absolute Gasteiger partial charge is 0.480 e. The first-order valence-corrected chi connectivity index (χ1v) is 9.21. The average molecular weight is 426 g/mol. The van der Waals surface area contributed by atoms with Crippen LogP contribution in [-0.4, -0.2) is 59.6 Å². The van der Waals surface area contributed by atoms with Crippen molar-refractivity contribution >= 4 is 30.8 Å². The van der Waals surface area contributed by atoms with Crippen molar-refractivity contribution in [1.82, 2.24) is 9.80 Å². The monoisotopic (exact) mass is 425 g/mol. The molecule has 7 heteroatoms. The van der Waals surface area contributed by atoms with Crippen molar-refractivity contribution in [3.8, 4) is 0 Å². The minimum absolute atomic E-state index is 0. The SMILES string of the molecule is Cl.Cl.NCCC(C(=O)O)N1CCN(C(c2ccccc2)c2ccccc2)CC1. The lowest BCUT2D eigenvalue weighted by atomic mass is 9.96. The summed E-state index contributed by atoms with van der Waals surface area (Å²) >= 11 is 0. The normalized spacial score (nSPS) is 16.1. The summed E-state index contributed by atoms with van der Waals surface area (Å²) in [6.07, 6.45) is 0.496. The Morgan fingerprint density at radius 2 is 1.29 bits per heavy atom. The number of nitrogens with two attached hydrogens (primary N) is 1. The number of carboxylic acid groups (broad SMARTS) is 1. The molecule has 1 heterocycles. The van der Waals surface area contributed by atoms with Gasteiger partial charge in [0, 0.05) is 26.2 Å². The van der Waals surface area contributed by atoms with Crippen LogP contribution in [0.4, 0.5) is 0 Å². The quantitative estimate of drug-likeness (QED) is 0.713. The number of piperazine rings is 1. The molecule has 1 atom stereocenters. The van der Waals surface area contributed by atoms with Crippen molar-refractivity contribution in [2.24, 2.45) is 5.73 Å². The van der Waals surface area contributed by atoms with Gasteiger partial charge in [-0.3, -0.25) is 14.6 Å². The van der Waals surface area contributed by atoms with Gasteiger partial charge in [-0.2, -0.15) is 0 Å². The minimum Gasteiger partial charge on any atom is -0.480 e. The highest BCUT2D eigenvalue weighted by Crippen LogP contribution is 2.29. The highest BCUT2D eigenvalue weighted by molar-refractivity contribution is 5.85. The van der Waals surface area contributed by atoms with E-state index in [9.17, 15) is 9.90 Å². The van der Waals surface area contributed by atoms with Crippen molar-refractivity contribution in [3.05, 3.63) is 71.8 Å². The van der Waals surface area contributed by atoms with E-state index in [1.54, 1.807) is 0 Å². The molecule has 3 N–H and O–H groups in total. The molecule has 154 valence electrons. The summed E-state index contributed by atoms with van der Waals surface area (Å²) in [5.41, 5.74) is 8.14. The van der Waals surface area contributed by atoms with Crippen molar-refractivity contribution in [3.63, 3.8) is 0 Å². The predicted molar refractivity (Wildman–Crippen MR) is 117 cm³/mol. The summed E-state index contributed by atoms with van der Waals surface area (Å²) in [7, 11) is 0. The smallest absolute Gasteiger partial charge is 0.320 e. The van der Waals surface area contributed by atoms with Crippen LogP contribution in [0.25, 0.3) is 0 Å². The number of benzene rings is 2. The molecule has 28 heavy (non-hydrogen) atoms. The molecule has 2 aromatic rings. The second kappa shape index (κ2) is 12.0. The molecule has 0 amide bonds. The van der Waals surface area contributed by atoms with Crippen LogP contribution in [-0.2, 0) is 4.79 Å². The molecule has 5 nitrogen and oxygen atoms in total. The summed E-state index contributed by atoms with van der Waals surface area (Å²) in [5.74, 6) is -0.772. The summed E-state index contributed by atoms with van der Waals surface area (Å²) in [5, 5.41) is 9.48. The number of halogens is 2. The second-order valence-corrected chi connectivity index (χ2v) is 6.73. The van der Waals surface area contributed by atoms with E-state index in [0.717, 1.165) is 26.2 Å². The van der Waals surface area contributed by atoms with E-state index >= 15 is 0 Å². The van der Waals surface area contributed by atoms with Crippen LogP contribution in [0.1, 0.15) is 23.6 Å². The maximum atomic E-state index is 11.5. The van der Waals surface area contributed by atoms with Crippen molar-refractivity contribution in [1.29, 1.82) is 0 Å². The average Bonchev–Trinajstić information content (AvgIpc) is 2.68. The fourth-order valence-corrected chi connectivity index (χ4v) is 3.81. The molecule has 1 unspecified atom stereocenters. The Morgan fingerprint density at radius 1 is 0.857 bits per heavy atom. The lowest BCUT2D eigenvalue weighted by Gasteiger charge is -2.41. The topological polar surface area (TPSA) is 69.8 Å². The molecule has 0 bridgehead atoms. The highest BCUT2D eigenvalue weighted by atomic mass is 35.5. The number of aliphatic carboxylic acids is 1. The number of carboxylic acids is 1. The van der Waals surface area contributed by atoms with Crippen molar-refractivity contribution < 1.29 is 9.90 Å². The molecule has 2 aromatic carbocycles. The van der Waals surface area contributed by atoms with Gasteiger partial charge in [0.2, 0.25) is 0 Å². The molecule has 0 spiro atoms. The van der Waals surface area contributed by atoms with Gasteiger partial charge in [-0.05, 0) is 24.1 Å². The predicted octanol–water partition coefficient (Wildman–Crippen LogP) is 3.04. The van der Waals surface area contributed by atoms with Gasteiger partial charge in [-0.15, -0.1) is 24.8 Å². The van der Waals surface area contributed by atoms with Gasteiger partial charge in [0.25, 0.3) is 0 Å². The molecule has 0 aliphatic carbocycles. The standard InChI is InChI=1S/C21H27N3O2.2ClH/c22-12-11-19(21(25)26)23-13-15-24(16-14-23)20(17-7-3-1-4-8-17)18-9-5-2-6-10-18;;/h1-10,19-20H,11-16,22H2,(H,25,26);2*1H. The van der Waals surface area contributed by atoms with E-state index in [1.165, 1.54) is 11.1 Å². The van der Waals surface area contributed by atoms with Gasteiger partial charge in [-0.1, -0.05) is 60.7 Å². The van der Waals surface area contributed by atoms with Gasteiger partial charge < -0.3 is 10.8 Å². The first-order chi connectivity index (χ1) is 12.7. The van der Waals surface area contributed by atoms with Crippen molar-refractivity contribution in [2.75, 3.05) is 32.7 Å². The van der Waals surface area contributed by atoms with Crippen LogP contribution in [0.5, 0.6) is 0 Å². The Kier molecular flexibility index (Phi) is 10.5. The maximum absolute atomic E-state index is 11.5. The minimum atomic E-state index is -0.772. The third-order valence-electron chi connectivity index (χ3n) is 5.11. The van der Waals surface area contributed by atoms with E-state index in [0.29, 0.717) is 13.0 Å². The number of rotatable bonds is 7. The van der Waals surface area contributed by atoms with Gasteiger partial charge in [0.05, 0.1) is 6.04 Å². The van der Waals surface area contributed by atoms with Gasteiger partial charge in [-0.25, -0.2) is 0 Å². The molecule has 1 saturated heterocycles. The highest BCUT2D eigenvalue weighted by Gasteiger charge is 2.31. The lowest BCUT2D eigenvalue weighted by Crippen LogP contribution is -2.53. The summed E-state index contributed by atoms with van der Waals surface area (Å²) < 4.78 is 0. The Morgan fingerprint density at radius 3 is 1.68 bits per heavy atom. The Bertz CT molecular complexity index is 656. The fraction of sp³-hybridized carbons (Fsp3) is 0.381. The van der Waals surface area contributed by atoms with Gasteiger partial charge >= 0.3 is 5.97 Å². The molecule has 1 aliphatic heterocycles. The number of hydrogen-bond donors (Lipinski definition) is 2. The Balaban J connectivity index is 0.00000196. The third-order valence-corrected chi connectivity index (χ3v) is 5.11. The Labute approximate surface area is 179 Å². The van der Waals surface area contributed by atoms with Crippen LogP contribution in [0.15, 0.2) is 60.7 Å².